The van der Waals surface area contributed by atoms with Gasteiger partial charge in [-0.15, -0.1) is 11.3 Å². The molecule has 0 spiro atoms. The first-order chi connectivity index (χ1) is 14.4. The Bertz CT molecular complexity index is 1080. The average Bonchev–Trinajstić information content (AvgIpc) is 3.32. The number of nitrogens with zero attached hydrogens (tertiary/aromatic N) is 1. The number of aromatic nitrogens is 1. The highest BCUT2D eigenvalue weighted by atomic mass is 32.1. The van der Waals surface area contributed by atoms with Crippen molar-refractivity contribution in [3.63, 3.8) is 0 Å². The molecule has 5 nitrogen and oxygen atoms in total. The number of benzene rings is 2. The molecule has 0 unspecified atom stereocenters. The molecule has 2 aromatic carbocycles. The molecule has 0 saturated carbocycles. The predicted octanol–water partition coefficient (Wildman–Crippen LogP) is 4.45. The quantitative estimate of drug-likeness (QED) is 0.592. The summed E-state index contributed by atoms with van der Waals surface area (Å²) in [4.78, 5) is 29.1. The maximum Gasteiger partial charge on any atom is 0.220 e. The molecule has 156 valence electrons. The molecular weight excluding hydrogens is 394 g/mol. The Morgan fingerprint density at radius 3 is 2.77 bits per heavy atom. The maximum atomic E-state index is 12.6. The second-order valence-corrected chi connectivity index (χ2v) is 9.19. The second kappa shape index (κ2) is 8.56. The summed E-state index contributed by atoms with van der Waals surface area (Å²) in [5.41, 5.74) is 1.79. The van der Waals surface area contributed by atoms with Crippen LogP contribution in [0.2, 0.25) is 0 Å². The van der Waals surface area contributed by atoms with E-state index < -0.39 is 0 Å². The van der Waals surface area contributed by atoms with Gasteiger partial charge in [0.05, 0.1) is 6.04 Å². The SMILES string of the molecule is Cc1csc([C@@H](C)NC(=O)CC[C@@]2(Cc3ccc4ccccc4c3)CCC(=O)N2)n1. The number of hydrogen-bond acceptors (Lipinski definition) is 4. The third-order valence-electron chi connectivity index (χ3n) is 5.81. The van der Waals surface area contributed by atoms with E-state index in [9.17, 15) is 9.59 Å². The minimum Gasteiger partial charge on any atom is -0.350 e. The Hall–Kier alpha value is -2.73. The molecule has 1 aliphatic rings. The molecule has 1 fully saturated rings. The third kappa shape index (κ3) is 4.70. The van der Waals surface area contributed by atoms with E-state index in [0.29, 0.717) is 19.3 Å². The van der Waals surface area contributed by atoms with E-state index in [0.717, 1.165) is 23.5 Å². The number of rotatable bonds is 7. The van der Waals surface area contributed by atoms with Crippen molar-refractivity contribution < 1.29 is 9.59 Å². The fourth-order valence-electron chi connectivity index (χ4n) is 4.22. The van der Waals surface area contributed by atoms with Gasteiger partial charge in [0.15, 0.2) is 0 Å². The fraction of sp³-hybridized carbons (Fsp3) is 0.375. The van der Waals surface area contributed by atoms with Crippen molar-refractivity contribution in [3.05, 3.63) is 64.1 Å². The lowest BCUT2D eigenvalue weighted by molar-refractivity contribution is -0.123. The molecule has 2 N–H and O–H groups in total. The third-order valence-corrected chi connectivity index (χ3v) is 6.95. The van der Waals surface area contributed by atoms with Crippen LogP contribution < -0.4 is 10.6 Å². The van der Waals surface area contributed by atoms with E-state index in [1.807, 2.05) is 31.4 Å². The summed E-state index contributed by atoms with van der Waals surface area (Å²) in [7, 11) is 0. The van der Waals surface area contributed by atoms with Gasteiger partial charge in [0.2, 0.25) is 11.8 Å². The Balaban J connectivity index is 1.42. The highest BCUT2D eigenvalue weighted by Gasteiger charge is 2.38. The van der Waals surface area contributed by atoms with Crippen LogP contribution in [0.1, 0.15) is 54.9 Å². The van der Waals surface area contributed by atoms with Crippen molar-refractivity contribution in [1.82, 2.24) is 15.6 Å². The summed E-state index contributed by atoms with van der Waals surface area (Å²) in [5, 5.41) is 11.5. The molecule has 1 saturated heterocycles. The maximum absolute atomic E-state index is 12.6. The van der Waals surface area contributed by atoms with Crippen LogP contribution in [0.25, 0.3) is 10.8 Å². The van der Waals surface area contributed by atoms with Gasteiger partial charge in [0, 0.05) is 29.5 Å². The Morgan fingerprint density at radius 1 is 1.27 bits per heavy atom. The molecule has 1 aliphatic heterocycles. The molecule has 3 aromatic rings. The number of fused-ring (bicyclic) bond motifs is 1. The lowest BCUT2D eigenvalue weighted by Crippen LogP contribution is -2.44. The zero-order chi connectivity index (χ0) is 21.1. The lowest BCUT2D eigenvalue weighted by atomic mass is 9.84. The Labute approximate surface area is 180 Å². The standard InChI is InChI=1S/C24H27N3O2S/c1-16-15-30-23(25-16)17(2)26-21(28)9-11-24(12-10-22(29)27-24)14-18-7-8-19-5-3-4-6-20(19)13-18/h3-8,13,15,17H,9-12,14H2,1-2H3,(H,26,28)(H,27,29)/t17-,24+/m1/s1. The van der Waals surface area contributed by atoms with Crippen LogP contribution in [-0.2, 0) is 16.0 Å². The summed E-state index contributed by atoms with van der Waals surface area (Å²) in [6, 6.07) is 14.6. The van der Waals surface area contributed by atoms with Gasteiger partial charge in [-0.25, -0.2) is 4.98 Å². The summed E-state index contributed by atoms with van der Waals surface area (Å²) < 4.78 is 0. The zero-order valence-corrected chi connectivity index (χ0v) is 18.2. The summed E-state index contributed by atoms with van der Waals surface area (Å²) in [6.45, 7) is 3.91. The van der Waals surface area contributed by atoms with E-state index >= 15 is 0 Å². The molecule has 0 bridgehead atoms. The molecule has 30 heavy (non-hydrogen) atoms. The molecule has 4 rings (SSSR count). The van der Waals surface area contributed by atoms with Crippen LogP contribution in [0.3, 0.4) is 0 Å². The van der Waals surface area contributed by atoms with Gasteiger partial charge in [-0.3, -0.25) is 9.59 Å². The first kappa shape index (κ1) is 20.5. The number of carbonyl (C=O) groups excluding carboxylic acids is 2. The molecule has 2 heterocycles. The van der Waals surface area contributed by atoms with E-state index in [1.54, 1.807) is 11.3 Å². The highest BCUT2D eigenvalue weighted by Crippen LogP contribution is 2.31. The van der Waals surface area contributed by atoms with Crippen molar-refractivity contribution in [2.24, 2.45) is 0 Å². The van der Waals surface area contributed by atoms with Crippen LogP contribution in [0.15, 0.2) is 47.8 Å². The minimum absolute atomic E-state index is 0.00520. The van der Waals surface area contributed by atoms with Gasteiger partial charge in [-0.05, 0) is 49.4 Å². The summed E-state index contributed by atoms with van der Waals surface area (Å²) in [5.74, 6) is 0.0669. The summed E-state index contributed by atoms with van der Waals surface area (Å²) >= 11 is 1.56. The molecule has 0 aliphatic carbocycles. The van der Waals surface area contributed by atoms with Crippen LogP contribution in [-0.4, -0.2) is 22.3 Å². The van der Waals surface area contributed by atoms with E-state index in [4.69, 9.17) is 0 Å². The molecule has 2 atom stereocenters. The monoisotopic (exact) mass is 421 g/mol. The Kier molecular flexibility index (Phi) is 5.86. The van der Waals surface area contributed by atoms with Gasteiger partial charge in [-0.1, -0.05) is 42.5 Å². The smallest absolute Gasteiger partial charge is 0.220 e. The van der Waals surface area contributed by atoms with Crippen LogP contribution in [0.5, 0.6) is 0 Å². The normalized spacial score (nSPS) is 19.6. The topological polar surface area (TPSA) is 71.1 Å². The van der Waals surface area contributed by atoms with Gasteiger partial charge in [-0.2, -0.15) is 0 Å². The number of amides is 2. The van der Waals surface area contributed by atoms with E-state index in [2.05, 4.69) is 45.9 Å². The molecule has 1 aromatic heterocycles. The van der Waals surface area contributed by atoms with Crippen LogP contribution in [0, 0.1) is 6.92 Å². The number of nitrogens with one attached hydrogen (secondary N) is 2. The molecule has 6 heteroatoms. The number of carbonyl (C=O) groups is 2. The van der Waals surface area contributed by atoms with Crippen molar-refractivity contribution in [2.45, 2.75) is 57.5 Å². The highest BCUT2D eigenvalue weighted by molar-refractivity contribution is 7.09. The first-order valence-corrected chi connectivity index (χ1v) is 11.3. The van der Waals surface area contributed by atoms with Crippen LogP contribution >= 0.6 is 11.3 Å². The van der Waals surface area contributed by atoms with Crippen molar-refractivity contribution >= 4 is 33.9 Å². The van der Waals surface area contributed by atoms with Crippen molar-refractivity contribution in [2.75, 3.05) is 0 Å². The molecule has 0 radical (unpaired) electrons. The zero-order valence-electron chi connectivity index (χ0n) is 17.4. The second-order valence-electron chi connectivity index (χ2n) is 8.30. The lowest BCUT2D eigenvalue weighted by Gasteiger charge is -2.29. The van der Waals surface area contributed by atoms with E-state index in [-0.39, 0.29) is 23.4 Å². The van der Waals surface area contributed by atoms with Gasteiger partial charge < -0.3 is 10.6 Å². The fourth-order valence-corrected chi connectivity index (χ4v) is 5.02. The van der Waals surface area contributed by atoms with Crippen molar-refractivity contribution in [1.29, 1.82) is 0 Å². The Morgan fingerprint density at radius 2 is 2.07 bits per heavy atom. The first-order valence-electron chi connectivity index (χ1n) is 10.4. The van der Waals surface area contributed by atoms with E-state index in [1.165, 1.54) is 16.3 Å². The molecule has 2 amide bonds. The predicted molar refractivity (Wildman–Crippen MR) is 120 cm³/mol. The van der Waals surface area contributed by atoms with Gasteiger partial charge >= 0.3 is 0 Å². The average molecular weight is 422 g/mol. The molecular formula is C24H27N3O2S. The minimum atomic E-state index is -0.363. The number of hydrogen-bond donors (Lipinski definition) is 2. The summed E-state index contributed by atoms with van der Waals surface area (Å²) in [6.07, 6.45) is 3.01. The van der Waals surface area contributed by atoms with Gasteiger partial charge in [0.1, 0.15) is 5.01 Å². The largest absolute Gasteiger partial charge is 0.350 e. The number of aryl methyl sites for hydroxylation is 1. The van der Waals surface area contributed by atoms with Gasteiger partial charge in [0.25, 0.3) is 0 Å². The van der Waals surface area contributed by atoms with Crippen LogP contribution in [0.4, 0.5) is 0 Å². The number of thiazole rings is 1. The van der Waals surface area contributed by atoms with Crippen molar-refractivity contribution in [3.8, 4) is 0 Å².